The number of halogens is 1. The zero-order valence-corrected chi connectivity index (χ0v) is 15.6. The van der Waals surface area contributed by atoms with Crippen molar-refractivity contribution in [2.75, 3.05) is 7.05 Å². The molecule has 0 aliphatic rings. The average molecular weight is 438 g/mol. The number of aliphatic imine (C=N–C) groups is 1. The van der Waals surface area contributed by atoms with Crippen molar-refractivity contribution in [1.29, 1.82) is 0 Å². The molecule has 3 aromatic rings. The minimum absolute atomic E-state index is 0. The van der Waals surface area contributed by atoms with Crippen LogP contribution >= 0.6 is 24.0 Å². The molecule has 126 valence electrons. The first-order valence-electron chi connectivity index (χ1n) is 7.33. The van der Waals surface area contributed by atoms with Crippen molar-refractivity contribution in [2.45, 2.75) is 13.1 Å². The summed E-state index contributed by atoms with van der Waals surface area (Å²) in [6, 6.07) is 15.6. The van der Waals surface area contributed by atoms with Crippen molar-refractivity contribution in [2.24, 2.45) is 4.99 Å². The number of hydrogen-bond donors (Lipinski definition) is 2. The lowest BCUT2D eigenvalue weighted by Gasteiger charge is -2.09. The molecule has 2 N–H and O–H groups in total. The number of hydrogen-bond acceptors (Lipinski definition) is 4. The van der Waals surface area contributed by atoms with E-state index in [-0.39, 0.29) is 24.0 Å². The van der Waals surface area contributed by atoms with Gasteiger partial charge >= 0.3 is 0 Å². The van der Waals surface area contributed by atoms with Crippen LogP contribution in [0.2, 0.25) is 0 Å². The standard InChI is InChI=1S/C17H18N4O2.HI/c1-18-17(20-12-15-8-5-9-22-15)19-11-14-10-16(23-21-14)13-6-3-2-4-7-13;/h2-10H,11-12H2,1H3,(H2,18,19,20);1H. The molecule has 0 amide bonds. The van der Waals surface area contributed by atoms with Crippen LogP contribution in [0.5, 0.6) is 0 Å². The molecule has 2 heterocycles. The van der Waals surface area contributed by atoms with Gasteiger partial charge in [-0.25, -0.2) is 0 Å². The predicted molar refractivity (Wildman–Crippen MR) is 103 cm³/mol. The van der Waals surface area contributed by atoms with Crippen molar-refractivity contribution in [3.63, 3.8) is 0 Å². The maximum atomic E-state index is 5.37. The third kappa shape index (κ3) is 4.85. The van der Waals surface area contributed by atoms with Crippen LogP contribution in [-0.4, -0.2) is 18.2 Å². The molecule has 0 saturated heterocycles. The molecule has 24 heavy (non-hydrogen) atoms. The lowest BCUT2D eigenvalue weighted by atomic mass is 10.2. The fraction of sp³-hybridized carbons (Fsp3) is 0.176. The SMILES string of the molecule is CN=C(NCc1cc(-c2ccccc2)on1)NCc1ccco1.I. The fourth-order valence-corrected chi connectivity index (χ4v) is 2.11. The third-order valence-electron chi connectivity index (χ3n) is 3.29. The Morgan fingerprint density at radius 2 is 1.88 bits per heavy atom. The van der Waals surface area contributed by atoms with Crippen molar-refractivity contribution >= 4 is 29.9 Å². The Bertz CT molecular complexity index is 754. The van der Waals surface area contributed by atoms with Gasteiger partial charge in [0.25, 0.3) is 0 Å². The second-order valence-corrected chi connectivity index (χ2v) is 4.91. The van der Waals surface area contributed by atoms with Gasteiger partial charge in [0, 0.05) is 18.7 Å². The van der Waals surface area contributed by atoms with Gasteiger partial charge in [-0.1, -0.05) is 35.5 Å². The van der Waals surface area contributed by atoms with Crippen molar-refractivity contribution in [1.82, 2.24) is 15.8 Å². The number of rotatable bonds is 5. The van der Waals surface area contributed by atoms with Crippen LogP contribution in [0.1, 0.15) is 11.5 Å². The summed E-state index contributed by atoms with van der Waals surface area (Å²) in [6.45, 7) is 1.09. The van der Waals surface area contributed by atoms with Crippen LogP contribution in [-0.2, 0) is 13.1 Å². The number of benzene rings is 1. The Balaban J connectivity index is 0.00000208. The summed E-state index contributed by atoms with van der Waals surface area (Å²) < 4.78 is 10.6. The predicted octanol–water partition coefficient (Wildman–Crippen LogP) is 3.42. The lowest BCUT2D eigenvalue weighted by molar-refractivity contribution is 0.422. The Morgan fingerprint density at radius 3 is 2.58 bits per heavy atom. The van der Waals surface area contributed by atoms with Gasteiger partial charge in [0.05, 0.1) is 19.4 Å². The molecule has 0 saturated carbocycles. The highest BCUT2D eigenvalue weighted by Crippen LogP contribution is 2.19. The van der Waals surface area contributed by atoms with Crippen LogP contribution in [0.15, 0.2) is 68.7 Å². The molecular formula is C17H19IN4O2. The van der Waals surface area contributed by atoms with Gasteiger partial charge in [-0.3, -0.25) is 4.99 Å². The Morgan fingerprint density at radius 1 is 1.08 bits per heavy atom. The maximum Gasteiger partial charge on any atom is 0.191 e. The molecule has 0 fully saturated rings. The number of aromatic nitrogens is 1. The minimum atomic E-state index is 0. The molecule has 0 aliphatic heterocycles. The smallest absolute Gasteiger partial charge is 0.191 e. The number of nitrogens with zero attached hydrogens (tertiary/aromatic N) is 2. The fourth-order valence-electron chi connectivity index (χ4n) is 2.11. The summed E-state index contributed by atoms with van der Waals surface area (Å²) in [7, 11) is 1.72. The van der Waals surface area contributed by atoms with E-state index < -0.39 is 0 Å². The number of guanidine groups is 1. The first-order valence-corrected chi connectivity index (χ1v) is 7.33. The van der Waals surface area contributed by atoms with Crippen LogP contribution in [0.3, 0.4) is 0 Å². The molecule has 0 atom stereocenters. The van der Waals surface area contributed by atoms with E-state index in [2.05, 4.69) is 20.8 Å². The van der Waals surface area contributed by atoms with Crippen molar-refractivity contribution in [3.8, 4) is 11.3 Å². The average Bonchev–Trinajstić information content (AvgIpc) is 3.27. The van der Waals surface area contributed by atoms with Crippen LogP contribution in [0.25, 0.3) is 11.3 Å². The first-order chi connectivity index (χ1) is 11.3. The van der Waals surface area contributed by atoms with Gasteiger partial charge in [0.2, 0.25) is 0 Å². The largest absolute Gasteiger partial charge is 0.467 e. The van der Waals surface area contributed by atoms with Gasteiger partial charge in [-0.05, 0) is 12.1 Å². The van der Waals surface area contributed by atoms with Crippen LogP contribution in [0, 0.1) is 0 Å². The van der Waals surface area contributed by atoms with Gasteiger partial charge < -0.3 is 19.6 Å². The highest BCUT2D eigenvalue weighted by Gasteiger charge is 2.07. The molecule has 7 heteroatoms. The van der Waals surface area contributed by atoms with Crippen molar-refractivity contribution < 1.29 is 8.94 Å². The summed E-state index contributed by atoms with van der Waals surface area (Å²) in [5.74, 6) is 2.27. The van der Waals surface area contributed by atoms with E-state index in [1.165, 1.54) is 0 Å². The van der Waals surface area contributed by atoms with Gasteiger partial charge in [-0.2, -0.15) is 0 Å². The van der Waals surface area contributed by atoms with Crippen molar-refractivity contribution in [3.05, 3.63) is 66.2 Å². The topological polar surface area (TPSA) is 75.6 Å². The molecule has 1 aromatic carbocycles. The Hall–Kier alpha value is -2.29. The summed E-state index contributed by atoms with van der Waals surface area (Å²) >= 11 is 0. The molecule has 0 bridgehead atoms. The number of nitrogens with one attached hydrogen (secondary N) is 2. The molecule has 2 aromatic heterocycles. The molecule has 0 unspecified atom stereocenters. The lowest BCUT2D eigenvalue weighted by Crippen LogP contribution is -2.36. The second-order valence-electron chi connectivity index (χ2n) is 4.91. The van der Waals surface area contributed by atoms with E-state index in [4.69, 9.17) is 8.94 Å². The van der Waals surface area contributed by atoms with E-state index in [0.717, 1.165) is 22.8 Å². The summed E-state index contributed by atoms with van der Waals surface area (Å²) in [4.78, 5) is 4.16. The molecule has 3 rings (SSSR count). The Kier molecular flexibility index (Phi) is 6.86. The molecule has 0 spiro atoms. The maximum absolute atomic E-state index is 5.37. The van der Waals surface area contributed by atoms with Crippen LogP contribution in [0.4, 0.5) is 0 Å². The summed E-state index contributed by atoms with van der Waals surface area (Å²) in [6.07, 6.45) is 1.65. The van der Waals surface area contributed by atoms with E-state index in [0.29, 0.717) is 19.0 Å². The monoisotopic (exact) mass is 438 g/mol. The highest BCUT2D eigenvalue weighted by atomic mass is 127. The number of furan rings is 1. The third-order valence-corrected chi connectivity index (χ3v) is 3.29. The van der Waals surface area contributed by atoms with Gasteiger partial charge in [-0.15, -0.1) is 24.0 Å². The van der Waals surface area contributed by atoms with E-state index in [9.17, 15) is 0 Å². The first kappa shape index (κ1) is 18.1. The molecule has 0 aliphatic carbocycles. The molecular weight excluding hydrogens is 419 g/mol. The second kappa shape index (κ2) is 9.11. The van der Waals surface area contributed by atoms with E-state index in [1.54, 1.807) is 13.3 Å². The normalized spacial score (nSPS) is 11.0. The zero-order valence-electron chi connectivity index (χ0n) is 13.2. The van der Waals surface area contributed by atoms with E-state index >= 15 is 0 Å². The highest BCUT2D eigenvalue weighted by molar-refractivity contribution is 14.0. The summed E-state index contributed by atoms with van der Waals surface area (Å²) in [5, 5.41) is 10.4. The van der Waals surface area contributed by atoms with Crippen LogP contribution < -0.4 is 10.6 Å². The van der Waals surface area contributed by atoms with E-state index in [1.807, 2.05) is 48.5 Å². The van der Waals surface area contributed by atoms with Gasteiger partial charge in [0.1, 0.15) is 11.5 Å². The minimum Gasteiger partial charge on any atom is -0.467 e. The summed E-state index contributed by atoms with van der Waals surface area (Å²) in [5.41, 5.74) is 1.82. The quantitative estimate of drug-likeness (QED) is 0.363. The Labute approximate surface area is 157 Å². The molecule has 6 nitrogen and oxygen atoms in total. The zero-order chi connectivity index (χ0) is 15.9. The molecule has 0 radical (unpaired) electrons. The van der Waals surface area contributed by atoms with Gasteiger partial charge in [0.15, 0.2) is 11.7 Å².